The van der Waals surface area contributed by atoms with Crippen molar-refractivity contribution in [3.8, 4) is 0 Å². The highest BCUT2D eigenvalue weighted by molar-refractivity contribution is 7.72. The van der Waals surface area contributed by atoms with Gasteiger partial charge in [0.05, 0.1) is 10.1 Å². The average Bonchev–Trinajstić information content (AvgIpc) is 3.15. The van der Waals surface area contributed by atoms with Crippen molar-refractivity contribution in [2.75, 3.05) is 5.09 Å². The summed E-state index contributed by atoms with van der Waals surface area (Å²) in [6.07, 6.45) is 0. The molecule has 0 radical (unpaired) electrons. The van der Waals surface area contributed by atoms with Gasteiger partial charge in [-0.2, -0.15) is 0 Å². The largest absolute Gasteiger partial charge is 0.305 e. The highest BCUT2D eigenvalue weighted by Crippen LogP contribution is 2.53. The summed E-state index contributed by atoms with van der Waals surface area (Å²) in [6.45, 7) is 0. The highest BCUT2D eigenvalue weighted by Gasteiger charge is 2.20. The summed E-state index contributed by atoms with van der Waals surface area (Å²) in [4.78, 5) is 0. The van der Waals surface area contributed by atoms with Crippen LogP contribution in [0.5, 0.6) is 0 Å². The molecule has 0 saturated heterocycles. The molecule has 26 heavy (non-hydrogen) atoms. The van der Waals surface area contributed by atoms with Crippen molar-refractivity contribution in [1.29, 1.82) is 0 Å². The van der Waals surface area contributed by atoms with E-state index in [1.165, 1.54) is 23.0 Å². The molecule has 132 valence electrons. The van der Waals surface area contributed by atoms with Crippen LogP contribution in [-0.2, 0) is 4.57 Å². The number of benzene rings is 2. The van der Waals surface area contributed by atoms with Crippen molar-refractivity contribution in [2.45, 2.75) is 0 Å². The predicted molar refractivity (Wildman–Crippen MR) is 112 cm³/mol. The third kappa shape index (κ3) is 5.05. The zero-order chi connectivity index (χ0) is 18.4. The molecule has 0 aliphatic rings. The predicted octanol–water partition coefficient (Wildman–Crippen LogP) is 6.70. The van der Waals surface area contributed by atoms with Gasteiger partial charge in [0.1, 0.15) is 5.51 Å². The van der Waals surface area contributed by atoms with Crippen molar-refractivity contribution in [3.63, 3.8) is 0 Å². The van der Waals surface area contributed by atoms with Crippen LogP contribution in [0.3, 0.4) is 0 Å². The summed E-state index contributed by atoms with van der Waals surface area (Å²) < 4.78 is 13.6. The molecule has 2 aromatic carbocycles. The van der Waals surface area contributed by atoms with E-state index in [-0.39, 0.29) is 0 Å². The van der Waals surface area contributed by atoms with Crippen LogP contribution in [0.4, 0.5) is 5.13 Å². The van der Waals surface area contributed by atoms with Gasteiger partial charge in [0, 0.05) is 11.6 Å². The van der Waals surface area contributed by atoms with Crippen LogP contribution in [0, 0.1) is 0 Å². The summed E-state index contributed by atoms with van der Waals surface area (Å²) in [5, 5.41) is 11.7. The van der Waals surface area contributed by atoms with E-state index in [2.05, 4.69) is 15.3 Å². The number of anilines is 1. The Morgan fingerprint density at radius 3 is 1.85 bits per heavy atom. The van der Waals surface area contributed by atoms with Crippen LogP contribution in [0.15, 0.2) is 77.8 Å². The minimum atomic E-state index is -3.28. The maximum Gasteiger partial charge on any atom is 0.217 e. The molecule has 1 aromatic heterocycles. The van der Waals surface area contributed by atoms with Crippen molar-refractivity contribution in [3.05, 3.63) is 88.9 Å². The third-order valence-corrected chi connectivity index (χ3v) is 6.90. The SMILES string of the molecule is O=P(C=C(Cl)c1ccccc1)(C=C(Cl)c1ccccc1)Nc1nncs1. The lowest BCUT2D eigenvalue weighted by atomic mass is 10.2. The van der Waals surface area contributed by atoms with Gasteiger partial charge in [-0.05, 0) is 11.1 Å². The van der Waals surface area contributed by atoms with E-state index in [9.17, 15) is 4.57 Å². The number of aromatic nitrogens is 2. The Kier molecular flexibility index (Phi) is 6.28. The molecule has 8 heteroatoms. The van der Waals surface area contributed by atoms with Crippen molar-refractivity contribution < 1.29 is 4.57 Å². The number of hydrogen-bond donors (Lipinski definition) is 1. The Bertz CT molecular complexity index is 901. The number of halogens is 2. The molecule has 0 atom stereocenters. The molecule has 3 aromatic rings. The molecular formula is C18H14Cl2N3OPS. The molecule has 0 aliphatic carbocycles. The van der Waals surface area contributed by atoms with E-state index in [0.717, 1.165) is 11.1 Å². The zero-order valence-corrected chi connectivity index (χ0v) is 16.6. The van der Waals surface area contributed by atoms with Crippen LogP contribution >= 0.6 is 41.8 Å². The fraction of sp³-hybridized carbons (Fsp3) is 0. The van der Waals surface area contributed by atoms with E-state index in [1.54, 1.807) is 5.51 Å². The lowest BCUT2D eigenvalue weighted by molar-refractivity contribution is 0.589. The first-order valence-electron chi connectivity index (χ1n) is 7.57. The number of hydrogen-bond acceptors (Lipinski definition) is 4. The van der Waals surface area contributed by atoms with Crippen molar-refractivity contribution in [2.24, 2.45) is 0 Å². The van der Waals surface area contributed by atoms with Gasteiger partial charge >= 0.3 is 0 Å². The quantitative estimate of drug-likeness (QED) is 0.449. The van der Waals surface area contributed by atoms with Crippen molar-refractivity contribution in [1.82, 2.24) is 10.2 Å². The maximum absolute atomic E-state index is 13.6. The molecule has 0 unspecified atom stereocenters. The first kappa shape index (κ1) is 18.9. The van der Waals surface area contributed by atoms with Gasteiger partial charge in [0.25, 0.3) is 0 Å². The Morgan fingerprint density at radius 1 is 0.923 bits per heavy atom. The summed E-state index contributed by atoms with van der Waals surface area (Å²) in [7, 11) is -3.28. The van der Waals surface area contributed by atoms with Gasteiger partial charge in [0.15, 0.2) is 0 Å². The van der Waals surface area contributed by atoms with Crippen LogP contribution in [0.25, 0.3) is 10.1 Å². The first-order valence-corrected chi connectivity index (χ1v) is 11.1. The number of rotatable bonds is 6. The minimum Gasteiger partial charge on any atom is -0.305 e. The maximum atomic E-state index is 13.6. The summed E-state index contributed by atoms with van der Waals surface area (Å²) in [6, 6.07) is 18.6. The Balaban J connectivity index is 2.01. The number of nitrogens with zero attached hydrogens (tertiary/aromatic N) is 2. The standard InChI is InChI=1S/C18H14Cl2N3OPS/c19-16(14-7-3-1-4-8-14)11-25(24,23-18-22-21-13-26-18)12-17(20)15-9-5-2-6-10-15/h1-13H,(H,22,23,24). The highest BCUT2D eigenvalue weighted by atomic mass is 35.5. The second-order valence-electron chi connectivity index (χ2n) is 5.25. The molecule has 0 amide bonds. The van der Waals surface area contributed by atoms with Crippen LogP contribution in [0.1, 0.15) is 11.1 Å². The molecular weight excluding hydrogens is 408 g/mol. The molecule has 1 N–H and O–H groups in total. The average molecular weight is 422 g/mol. The van der Waals surface area contributed by atoms with Crippen molar-refractivity contribution >= 4 is 57.0 Å². The monoisotopic (exact) mass is 421 g/mol. The van der Waals surface area contributed by atoms with Gasteiger partial charge in [-0.15, -0.1) is 10.2 Å². The summed E-state index contributed by atoms with van der Waals surface area (Å²) >= 11 is 14.1. The van der Waals surface area contributed by atoms with E-state index < -0.39 is 7.29 Å². The molecule has 1 heterocycles. The van der Waals surface area contributed by atoms with Crippen LogP contribution in [-0.4, -0.2) is 10.2 Å². The van der Waals surface area contributed by atoms with Gasteiger partial charge < -0.3 is 5.09 Å². The lowest BCUT2D eigenvalue weighted by Gasteiger charge is -2.13. The molecule has 0 saturated carbocycles. The fourth-order valence-electron chi connectivity index (χ4n) is 2.15. The Morgan fingerprint density at radius 2 is 1.42 bits per heavy atom. The topological polar surface area (TPSA) is 54.9 Å². The van der Waals surface area contributed by atoms with E-state index in [1.807, 2.05) is 60.7 Å². The number of nitrogens with one attached hydrogen (secondary N) is 1. The van der Waals surface area contributed by atoms with Gasteiger partial charge in [0.2, 0.25) is 12.4 Å². The Labute approximate surface area is 165 Å². The smallest absolute Gasteiger partial charge is 0.217 e. The van der Waals surface area contributed by atoms with Gasteiger partial charge in [-0.1, -0.05) is 95.2 Å². The summed E-state index contributed by atoms with van der Waals surface area (Å²) in [5.41, 5.74) is 3.08. The summed E-state index contributed by atoms with van der Waals surface area (Å²) in [5.74, 6) is 2.97. The fourth-order valence-corrected chi connectivity index (χ4v) is 5.72. The van der Waals surface area contributed by atoms with Gasteiger partial charge in [-0.3, -0.25) is 4.57 Å². The van der Waals surface area contributed by atoms with Gasteiger partial charge in [-0.25, -0.2) is 0 Å². The molecule has 3 rings (SSSR count). The van der Waals surface area contributed by atoms with E-state index in [0.29, 0.717) is 15.2 Å². The minimum absolute atomic E-state index is 0.361. The zero-order valence-electron chi connectivity index (χ0n) is 13.4. The normalized spacial score (nSPS) is 14.7. The molecule has 4 nitrogen and oxygen atoms in total. The third-order valence-electron chi connectivity index (χ3n) is 3.34. The lowest BCUT2D eigenvalue weighted by Crippen LogP contribution is -1.93. The first-order chi connectivity index (χ1) is 12.6. The molecule has 0 aliphatic heterocycles. The van der Waals surface area contributed by atoms with Crippen LogP contribution < -0.4 is 5.09 Å². The molecule has 0 fully saturated rings. The van der Waals surface area contributed by atoms with E-state index in [4.69, 9.17) is 23.2 Å². The molecule has 0 bridgehead atoms. The second kappa shape index (κ2) is 8.65. The Hall–Kier alpha value is -1.91. The van der Waals surface area contributed by atoms with Crippen LogP contribution in [0.2, 0.25) is 0 Å². The molecule has 0 spiro atoms. The van der Waals surface area contributed by atoms with E-state index >= 15 is 0 Å². The second-order valence-corrected chi connectivity index (χ2v) is 9.06.